The van der Waals surface area contributed by atoms with Crippen LogP contribution in [0.1, 0.15) is 38.4 Å². The predicted molar refractivity (Wildman–Crippen MR) is 73.2 cm³/mol. The number of halogens is 1. The molecule has 0 saturated carbocycles. The summed E-state index contributed by atoms with van der Waals surface area (Å²) in [6.07, 6.45) is 1.31. The highest BCUT2D eigenvalue weighted by Gasteiger charge is 2.17. The molecule has 1 amide bonds. The third kappa shape index (κ3) is 4.63. The second-order valence-corrected chi connectivity index (χ2v) is 4.54. The van der Waals surface area contributed by atoms with E-state index in [1.54, 1.807) is 19.2 Å². The number of hydrogen-bond donors (Lipinski definition) is 1. The number of amides is 1. The molecule has 0 bridgehead atoms. The van der Waals surface area contributed by atoms with E-state index < -0.39 is 0 Å². The lowest BCUT2D eigenvalue weighted by atomic mass is 10.0. The maximum atomic E-state index is 13.2. The lowest BCUT2D eigenvalue weighted by Crippen LogP contribution is -2.33. The molecule has 4 heteroatoms. The summed E-state index contributed by atoms with van der Waals surface area (Å²) in [5.41, 5.74) is 0.729. The average molecular weight is 267 g/mol. The third-order valence-electron chi connectivity index (χ3n) is 3.32. The molecule has 3 nitrogen and oxygen atoms in total. The molecule has 1 aromatic rings. The van der Waals surface area contributed by atoms with Gasteiger partial charge in [0, 0.05) is 19.6 Å². The van der Waals surface area contributed by atoms with Crippen LogP contribution in [0.15, 0.2) is 24.3 Å². The van der Waals surface area contributed by atoms with Crippen molar-refractivity contribution < 1.29 is 13.9 Å². The van der Waals surface area contributed by atoms with Gasteiger partial charge in [0.05, 0.1) is 6.10 Å². The van der Waals surface area contributed by atoms with E-state index in [-0.39, 0.29) is 23.7 Å². The van der Waals surface area contributed by atoms with Crippen molar-refractivity contribution in [3.8, 4) is 0 Å². The van der Waals surface area contributed by atoms with E-state index >= 15 is 0 Å². The topological polar surface area (TPSA) is 38.3 Å². The second kappa shape index (κ2) is 7.89. The van der Waals surface area contributed by atoms with E-state index in [9.17, 15) is 9.18 Å². The van der Waals surface area contributed by atoms with Crippen molar-refractivity contribution in [1.29, 1.82) is 0 Å². The monoisotopic (exact) mass is 267 g/mol. The molecule has 0 heterocycles. The van der Waals surface area contributed by atoms with Gasteiger partial charge in [-0.15, -0.1) is 0 Å². The van der Waals surface area contributed by atoms with Gasteiger partial charge >= 0.3 is 0 Å². The maximum Gasteiger partial charge on any atom is 0.223 e. The zero-order valence-corrected chi connectivity index (χ0v) is 11.8. The van der Waals surface area contributed by atoms with Gasteiger partial charge in [0.25, 0.3) is 0 Å². The van der Waals surface area contributed by atoms with Crippen molar-refractivity contribution in [2.75, 3.05) is 13.7 Å². The molecular formula is C15H22FNO2. The van der Waals surface area contributed by atoms with E-state index in [1.807, 2.05) is 13.8 Å². The van der Waals surface area contributed by atoms with Crippen molar-refractivity contribution in [2.24, 2.45) is 5.92 Å². The summed E-state index contributed by atoms with van der Waals surface area (Å²) in [4.78, 5) is 11.9. The molecule has 0 radical (unpaired) electrons. The van der Waals surface area contributed by atoms with Gasteiger partial charge in [-0.1, -0.05) is 26.0 Å². The van der Waals surface area contributed by atoms with Crippen LogP contribution >= 0.6 is 0 Å². The fourth-order valence-corrected chi connectivity index (χ4v) is 2.04. The van der Waals surface area contributed by atoms with Gasteiger partial charge in [-0.05, 0) is 30.5 Å². The van der Waals surface area contributed by atoms with Crippen molar-refractivity contribution in [1.82, 2.24) is 5.32 Å². The number of carbonyl (C=O) groups is 1. The molecule has 0 aliphatic carbocycles. The summed E-state index contributed by atoms with van der Waals surface area (Å²) in [6.45, 7) is 4.34. The molecule has 0 saturated heterocycles. The molecule has 0 aliphatic rings. The van der Waals surface area contributed by atoms with Gasteiger partial charge < -0.3 is 10.1 Å². The predicted octanol–water partition coefficient (Wildman–Crippen LogP) is 3.07. The van der Waals surface area contributed by atoms with Crippen LogP contribution in [0, 0.1) is 11.7 Å². The molecule has 1 atom stereocenters. The summed E-state index contributed by atoms with van der Waals surface area (Å²) in [5, 5.41) is 2.87. The molecule has 1 aromatic carbocycles. The van der Waals surface area contributed by atoms with Crippen LogP contribution in [0.4, 0.5) is 4.39 Å². The standard InChI is InChI=1S/C15H22FNO2/c1-4-11(5-2)15(18)17-10-14(19-3)12-7-6-8-13(16)9-12/h6-9,11,14H,4-5,10H2,1-3H3,(H,17,18). The molecule has 0 aromatic heterocycles. The van der Waals surface area contributed by atoms with Crippen LogP contribution in [-0.4, -0.2) is 19.6 Å². The molecule has 0 spiro atoms. The lowest BCUT2D eigenvalue weighted by Gasteiger charge is -2.19. The van der Waals surface area contributed by atoms with Crippen LogP contribution in [0.25, 0.3) is 0 Å². The first-order valence-corrected chi connectivity index (χ1v) is 6.68. The second-order valence-electron chi connectivity index (χ2n) is 4.54. The summed E-state index contributed by atoms with van der Waals surface area (Å²) in [5.74, 6) is -0.237. The van der Waals surface area contributed by atoms with Crippen LogP contribution in [0.2, 0.25) is 0 Å². The first-order valence-electron chi connectivity index (χ1n) is 6.68. The molecule has 19 heavy (non-hydrogen) atoms. The fourth-order valence-electron chi connectivity index (χ4n) is 2.04. The van der Waals surface area contributed by atoms with E-state index in [4.69, 9.17) is 4.74 Å². The molecular weight excluding hydrogens is 245 g/mol. The summed E-state index contributed by atoms with van der Waals surface area (Å²) < 4.78 is 18.5. The fraction of sp³-hybridized carbons (Fsp3) is 0.533. The molecule has 0 aliphatic heterocycles. The maximum absolute atomic E-state index is 13.2. The van der Waals surface area contributed by atoms with Crippen molar-refractivity contribution in [3.63, 3.8) is 0 Å². The first kappa shape index (κ1) is 15.6. The molecule has 1 unspecified atom stereocenters. The highest BCUT2D eigenvalue weighted by atomic mass is 19.1. The summed E-state index contributed by atoms with van der Waals surface area (Å²) in [7, 11) is 1.55. The molecule has 0 fully saturated rings. The van der Waals surface area contributed by atoms with E-state index in [2.05, 4.69) is 5.32 Å². The minimum absolute atomic E-state index is 0.0310. The summed E-state index contributed by atoms with van der Waals surface area (Å²) in [6, 6.07) is 6.25. The van der Waals surface area contributed by atoms with Crippen LogP contribution in [-0.2, 0) is 9.53 Å². The SMILES string of the molecule is CCC(CC)C(=O)NCC(OC)c1cccc(F)c1. The Morgan fingerprint density at radius 2 is 2.05 bits per heavy atom. The van der Waals surface area contributed by atoms with Crippen LogP contribution < -0.4 is 5.32 Å². The Hall–Kier alpha value is -1.42. The average Bonchev–Trinajstić information content (AvgIpc) is 2.41. The van der Waals surface area contributed by atoms with Gasteiger partial charge in [0.1, 0.15) is 5.82 Å². The minimum Gasteiger partial charge on any atom is -0.375 e. The van der Waals surface area contributed by atoms with E-state index in [0.29, 0.717) is 6.54 Å². The smallest absolute Gasteiger partial charge is 0.223 e. The van der Waals surface area contributed by atoms with Gasteiger partial charge in [0.2, 0.25) is 5.91 Å². The Labute approximate surface area is 114 Å². The lowest BCUT2D eigenvalue weighted by molar-refractivity contribution is -0.125. The molecule has 1 rings (SSSR count). The largest absolute Gasteiger partial charge is 0.375 e. The summed E-state index contributed by atoms with van der Waals surface area (Å²) >= 11 is 0. The Morgan fingerprint density at radius 1 is 1.37 bits per heavy atom. The minimum atomic E-state index is -0.325. The third-order valence-corrected chi connectivity index (χ3v) is 3.32. The van der Waals surface area contributed by atoms with Gasteiger partial charge in [-0.3, -0.25) is 4.79 Å². The van der Waals surface area contributed by atoms with Crippen LogP contribution in [0.5, 0.6) is 0 Å². The van der Waals surface area contributed by atoms with E-state index in [1.165, 1.54) is 12.1 Å². The first-order chi connectivity index (χ1) is 9.12. The van der Waals surface area contributed by atoms with Gasteiger partial charge in [-0.2, -0.15) is 0 Å². The van der Waals surface area contributed by atoms with Crippen molar-refractivity contribution >= 4 is 5.91 Å². The number of hydrogen-bond acceptors (Lipinski definition) is 2. The number of benzene rings is 1. The Bertz CT molecular complexity index is 405. The van der Waals surface area contributed by atoms with Crippen molar-refractivity contribution in [3.05, 3.63) is 35.6 Å². The number of rotatable bonds is 7. The Kier molecular flexibility index (Phi) is 6.50. The zero-order valence-electron chi connectivity index (χ0n) is 11.8. The number of nitrogens with one attached hydrogen (secondary N) is 1. The molecule has 1 N–H and O–H groups in total. The van der Waals surface area contributed by atoms with Gasteiger partial charge in [0.15, 0.2) is 0 Å². The highest BCUT2D eigenvalue weighted by molar-refractivity contribution is 5.78. The highest BCUT2D eigenvalue weighted by Crippen LogP contribution is 2.17. The quantitative estimate of drug-likeness (QED) is 0.824. The van der Waals surface area contributed by atoms with Crippen molar-refractivity contribution in [2.45, 2.75) is 32.8 Å². The van der Waals surface area contributed by atoms with E-state index in [0.717, 1.165) is 18.4 Å². The normalized spacial score (nSPS) is 12.5. The number of ether oxygens (including phenoxy) is 1. The van der Waals surface area contributed by atoms with Crippen LogP contribution in [0.3, 0.4) is 0 Å². The number of carbonyl (C=O) groups excluding carboxylic acids is 1. The zero-order chi connectivity index (χ0) is 14.3. The number of methoxy groups -OCH3 is 1. The van der Waals surface area contributed by atoms with Gasteiger partial charge in [-0.25, -0.2) is 4.39 Å². The molecule has 106 valence electrons. The Balaban J connectivity index is 2.61. The Morgan fingerprint density at radius 3 is 2.58 bits per heavy atom.